The zero-order valence-electron chi connectivity index (χ0n) is 12.4. The van der Waals surface area contributed by atoms with Gasteiger partial charge < -0.3 is 5.32 Å². The summed E-state index contributed by atoms with van der Waals surface area (Å²) < 4.78 is 0. The van der Waals surface area contributed by atoms with E-state index in [9.17, 15) is 0 Å². The first kappa shape index (κ1) is 12.6. The summed E-state index contributed by atoms with van der Waals surface area (Å²) >= 11 is 0. The van der Waals surface area contributed by atoms with E-state index in [1.807, 2.05) is 7.05 Å². The number of hydrogen-bond acceptors (Lipinski definition) is 3. The highest BCUT2D eigenvalue weighted by atomic mass is 15.0. The zero-order chi connectivity index (χ0) is 13.5. The molecule has 1 heterocycles. The van der Waals surface area contributed by atoms with Gasteiger partial charge in [-0.25, -0.2) is 9.97 Å². The second kappa shape index (κ2) is 5.01. The lowest BCUT2D eigenvalue weighted by molar-refractivity contribution is 0.404. The Kier molecular flexibility index (Phi) is 3.16. The van der Waals surface area contributed by atoms with Gasteiger partial charge in [-0.15, -0.1) is 0 Å². The topological polar surface area (TPSA) is 37.8 Å². The van der Waals surface area contributed by atoms with E-state index in [2.05, 4.69) is 11.4 Å². The van der Waals surface area contributed by atoms with Crippen molar-refractivity contribution in [1.82, 2.24) is 9.97 Å². The Bertz CT molecular complexity index is 493. The van der Waals surface area contributed by atoms with Gasteiger partial charge in [-0.05, 0) is 43.9 Å². The maximum Gasteiger partial charge on any atom is 0.134 e. The first-order chi connectivity index (χ1) is 9.83. The van der Waals surface area contributed by atoms with E-state index >= 15 is 0 Å². The number of nitrogens with one attached hydrogen (secondary N) is 1. The van der Waals surface area contributed by atoms with E-state index in [-0.39, 0.29) is 0 Å². The highest BCUT2D eigenvalue weighted by Crippen LogP contribution is 2.52. The van der Waals surface area contributed by atoms with E-state index < -0.39 is 0 Å². The molecular weight excluding hydrogens is 246 g/mol. The monoisotopic (exact) mass is 271 g/mol. The van der Waals surface area contributed by atoms with E-state index in [4.69, 9.17) is 9.97 Å². The zero-order valence-corrected chi connectivity index (χ0v) is 12.4. The number of rotatable bonds is 3. The molecule has 3 nitrogen and oxygen atoms in total. The van der Waals surface area contributed by atoms with Crippen molar-refractivity contribution < 1.29 is 0 Å². The van der Waals surface area contributed by atoms with Crippen LogP contribution in [0.5, 0.6) is 0 Å². The van der Waals surface area contributed by atoms with Gasteiger partial charge in [0.1, 0.15) is 11.6 Å². The van der Waals surface area contributed by atoms with Crippen molar-refractivity contribution in [3.8, 4) is 0 Å². The van der Waals surface area contributed by atoms with Crippen LogP contribution >= 0.6 is 0 Å². The molecule has 3 fully saturated rings. The molecular formula is C17H25N3. The third kappa shape index (κ3) is 2.11. The molecule has 0 aliphatic heterocycles. The fourth-order valence-electron chi connectivity index (χ4n) is 4.77. The molecule has 1 aromatic heterocycles. The number of aromatic nitrogens is 2. The SMILES string of the molecule is CNc1cc(C2CCCC2)nc(C2CC3CCC2C3)n1. The van der Waals surface area contributed by atoms with Crippen molar-refractivity contribution >= 4 is 5.82 Å². The molecule has 3 atom stereocenters. The molecule has 0 saturated heterocycles. The lowest BCUT2D eigenvalue weighted by Gasteiger charge is -2.22. The Labute approximate surface area is 121 Å². The minimum atomic E-state index is 0.641. The molecule has 3 aliphatic carbocycles. The Morgan fingerprint density at radius 3 is 2.55 bits per heavy atom. The Morgan fingerprint density at radius 1 is 1.05 bits per heavy atom. The average Bonchev–Trinajstić information content (AvgIpc) is 3.23. The molecule has 3 unspecified atom stereocenters. The summed E-state index contributed by atoms with van der Waals surface area (Å²) in [6.45, 7) is 0. The quantitative estimate of drug-likeness (QED) is 0.900. The summed E-state index contributed by atoms with van der Waals surface area (Å²) in [5.41, 5.74) is 1.31. The summed E-state index contributed by atoms with van der Waals surface area (Å²) in [6, 6.07) is 2.19. The Morgan fingerprint density at radius 2 is 1.90 bits per heavy atom. The Balaban J connectivity index is 1.66. The smallest absolute Gasteiger partial charge is 0.134 e. The lowest BCUT2D eigenvalue weighted by atomic mass is 9.88. The van der Waals surface area contributed by atoms with Gasteiger partial charge in [0.2, 0.25) is 0 Å². The van der Waals surface area contributed by atoms with Gasteiger partial charge in [0.05, 0.1) is 0 Å². The first-order valence-electron chi connectivity index (χ1n) is 8.40. The van der Waals surface area contributed by atoms with Crippen LogP contribution in [0.15, 0.2) is 6.07 Å². The predicted octanol–water partition coefficient (Wildman–Crippen LogP) is 4.08. The summed E-state index contributed by atoms with van der Waals surface area (Å²) in [4.78, 5) is 9.81. The van der Waals surface area contributed by atoms with Crippen molar-refractivity contribution in [3.05, 3.63) is 17.6 Å². The van der Waals surface area contributed by atoms with Crippen molar-refractivity contribution in [1.29, 1.82) is 0 Å². The molecule has 1 aromatic rings. The number of anilines is 1. The third-order valence-corrected chi connectivity index (χ3v) is 5.86. The standard InChI is InChI=1S/C17H25N3/c1-18-16-10-15(12-4-2-3-5-12)19-17(20-16)14-9-11-6-7-13(14)8-11/h10-14H,2-9H2,1H3,(H,18,19,20). The van der Waals surface area contributed by atoms with Gasteiger partial charge in [0.15, 0.2) is 0 Å². The van der Waals surface area contributed by atoms with Crippen LogP contribution in [0.1, 0.15) is 74.7 Å². The van der Waals surface area contributed by atoms with Gasteiger partial charge in [-0.2, -0.15) is 0 Å². The van der Waals surface area contributed by atoms with E-state index in [1.54, 1.807) is 0 Å². The molecule has 0 amide bonds. The summed E-state index contributed by atoms with van der Waals surface area (Å²) in [5, 5.41) is 3.25. The molecule has 20 heavy (non-hydrogen) atoms. The van der Waals surface area contributed by atoms with Crippen LogP contribution in [-0.2, 0) is 0 Å². The molecule has 0 aromatic carbocycles. The number of fused-ring (bicyclic) bond motifs is 2. The van der Waals surface area contributed by atoms with Gasteiger partial charge in [0, 0.05) is 30.6 Å². The molecule has 3 heteroatoms. The number of nitrogens with zero attached hydrogens (tertiary/aromatic N) is 2. The van der Waals surface area contributed by atoms with Crippen LogP contribution < -0.4 is 5.32 Å². The molecule has 0 radical (unpaired) electrons. The summed E-state index contributed by atoms with van der Waals surface area (Å²) in [7, 11) is 1.98. The van der Waals surface area contributed by atoms with Crippen LogP contribution in [-0.4, -0.2) is 17.0 Å². The second-order valence-electron chi connectivity index (χ2n) is 7.05. The molecule has 4 rings (SSSR count). The largest absolute Gasteiger partial charge is 0.373 e. The van der Waals surface area contributed by atoms with Gasteiger partial charge in [-0.3, -0.25) is 0 Å². The minimum Gasteiger partial charge on any atom is -0.373 e. The Hall–Kier alpha value is -1.12. The van der Waals surface area contributed by atoms with Crippen molar-refractivity contribution in [2.75, 3.05) is 12.4 Å². The van der Waals surface area contributed by atoms with Gasteiger partial charge >= 0.3 is 0 Å². The maximum absolute atomic E-state index is 5.01. The molecule has 108 valence electrons. The van der Waals surface area contributed by atoms with E-state index in [1.165, 1.54) is 57.1 Å². The van der Waals surface area contributed by atoms with Crippen LogP contribution in [0.25, 0.3) is 0 Å². The highest BCUT2D eigenvalue weighted by molar-refractivity contribution is 5.37. The second-order valence-corrected chi connectivity index (χ2v) is 7.05. The lowest BCUT2D eigenvalue weighted by Crippen LogP contribution is -2.15. The summed E-state index contributed by atoms with van der Waals surface area (Å²) in [6.07, 6.45) is 11.0. The van der Waals surface area contributed by atoms with Crippen molar-refractivity contribution in [2.45, 2.75) is 63.2 Å². The van der Waals surface area contributed by atoms with Crippen LogP contribution in [0.4, 0.5) is 5.82 Å². The molecule has 3 saturated carbocycles. The molecule has 3 aliphatic rings. The van der Waals surface area contributed by atoms with Gasteiger partial charge in [0.25, 0.3) is 0 Å². The highest BCUT2D eigenvalue weighted by Gasteiger charge is 2.41. The molecule has 2 bridgehead atoms. The normalized spacial score (nSPS) is 33.0. The molecule has 1 N–H and O–H groups in total. The maximum atomic E-state index is 5.01. The minimum absolute atomic E-state index is 0.641. The predicted molar refractivity (Wildman–Crippen MR) is 81.0 cm³/mol. The van der Waals surface area contributed by atoms with Crippen LogP contribution in [0.3, 0.4) is 0 Å². The molecule has 0 spiro atoms. The van der Waals surface area contributed by atoms with Gasteiger partial charge in [-0.1, -0.05) is 19.3 Å². The summed E-state index contributed by atoms with van der Waals surface area (Å²) in [5.74, 6) is 5.32. The fraction of sp³-hybridized carbons (Fsp3) is 0.765. The van der Waals surface area contributed by atoms with Crippen LogP contribution in [0.2, 0.25) is 0 Å². The fourth-order valence-corrected chi connectivity index (χ4v) is 4.77. The first-order valence-corrected chi connectivity index (χ1v) is 8.40. The third-order valence-electron chi connectivity index (χ3n) is 5.86. The van der Waals surface area contributed by atoms with Crippen LogP contribution in [0, 0.1) is 11.8 Å². The average molecular weight is 271 g/mol. The van der Waals surface area contributed by atoms with E-state index in [0.717, 1.165) is 23.5 Å². The number of hydrogen-bond donors (Lipinski definition) is 1. The van der Waals surface area contributed by atoms with E-state index in [0.29, 0.717) is 11.8 Å². The van der Waals surface area contributed by atoms with Crippen molar-refractivity contribution in [2.24, 2.45) is 11.8 Å². The van der Waals surface area contributed by atoms with Crippen molar-refractivity contribution in [3.63, 3.8) is 0 Å².